The van der Waals surface area contributed by atoms with Gasteiger partial charge in [-0.1, -0.05) is 0 Å². The number of aldehydes is 1. The fourth-order valence-corrected chi connectivity index (χ4v) is 0.910. The number of nitrogens with two attached hydrogens (primary N) is 1. The first-order valence-corrected chi connectivity index (χ1v) is 4.07. The van der Waals surface area contributed by atoms with Crippen molar-refractivity contribution in [1.29, 1.82) is 0 Å². The highest BCUT2D eigenvalue weighted by Gasteiger charge is 1.97. The van der Waals surface area contributed by atoms with Crippen LogP contribution in [-0.2, 0) is 4.79 Å². The lowest BCUT2D eigenvalue weighted by Gasteiger charge is -2.06. The molecular formula is C10H11FN2O. The van der Waals surface area contributed by atoms with E-state index in [1.54, 1.807) is 19.1 Å². The molecule has 0 saturated carbocycles. The molecule has 1 aromatic rings. The lowest BCUT2D eigenvalue weighted by molar-refractivity contribution is -0.105. The second kappa shape index (κ2) is 4.41. The normalized spacial score (nSPS) is 11.9. The van der Waals surface area contributed by atoms with Gasteiger partial charge in [-0.25, -0.2) is 4.39 Å². The molecule has 0 radical (unpaired) electrons. The predicted molar refractivity (Wildman–Crippen MR) is 53.0 cm³/mol. The highest BCUT2D eigenvalue weighted by molar-refractivity contribution is 5.74. The van der Waals surface area contributed by atoms with Crippen molar-refractivity contribution >= 4 is 12.0 Å². The van der Waals surface area contributed by atoms with E-state index in [-0.39, 0.29) is 11.5 Å². The lowest BCUT2D eigenvalue weighted by atomic mass is 10.3. The van der Waals surface area contributed by atoms with Crippen LogP contribution in [0.2, 0.25) is 0 Å². The third kappa shape index (κ3) is 2.58. The Morgan fingerprint density at radius 3 is 2.50 bits per heavy atom. The average Bonchev–Trinajstić information content (AvgIpc) is 2.20. The molecule has 3 N–H and O–H groups in total. The average molecular weight is 194 g/mol. The summed E-state index contributed by atoms with van der Waals surface area (Å²) in [5, 5.41) is 2.88. The third-order valence-corrected chi connectivity index (χ3v) is 1.74. The molecule has 0 atom stereocenters. The minimum absolute atomic E-state index is 0.134. The Hall–Kier alpha value is -1.84. The van der Waals surface area contributed by atoms with Crippen LogP contribution >= 0.6 is 0 Å². The predicted octanol–water partition coefficient (Wildman–Crippen LogP) is 1.63. The number of rotatable bonds is 3. The molecule has 0 bridgehead atoms. The van der Waals surface area contributed by atoms with E-state index in [0.717, 1.165) is 0 Å². The monoisotopic (exact) mass is 194 g/mol. The Morgan fingerprint density at radius 2 is 2.00 bits per heavy atom. The van der Waals surface area contributed by atoms with Crippen molar-refractivity contribution in [3.05, 3.63) is 41.5 Å². The summed E-state index contributed by atoms with van der Waals surface area (Å²) in [6.07, 6.45) is 0.561. The second-order valence-corrected chi connectivity index (χ2v) is 2.83. The molecular weight excluding hydrogens is 183 g/mol. The highest BCUT2D eigenvalue weighted by Crippen LogP contribution is 2.11. The van der Waals surface area contributed by atoms with Gasteiger partial charge in [0.05, 0.1) is 5.70 Å². The first-order valence-electron chi connectivity index (χ1n) is 4.07. The van der Waals surface area contributed by atoms with Crippen molar-refractivity contribution in [2.45, 2.75) is 6.92 Å². The Labute approximate surface area is 81.4 Å². The van der Waals surface area contributed by atoms with Crippen LogP contribution in [0.25, 0.3) is 0 Å². The molecule has 0 amide bonds. The molecule has 14 heavy (non-hydrogen) atoms. The summed E-state index contributed by atoms with van der Waals surface area (Å²) >= 11 is 0. The van der Waals surface area contributed by atoms with Gasteiger partial charge in [-0.05, 0) is 31.2 Å². The van der Waals surface area contributed by atoms with Gasteiger partial charge >= 0.3 is 0 Å². The SMILES string of the molecule is C/C(Nc1ccc(F)cc1)=C(/N)C=O. The van der Waals surface area contributed by atoms with Crippen LogP contribution in [0.15, 0.2) is 35.7 Å². The topological polar surface area (TPSA) is 55.1 Å². The second-order valence-electron chi connectivity index (χ2n) is 2.83. The number of hydrogen-bond acceptors (Lipinski definition) is 3. The Balaban J connectivity index is 2.79. The van der Waals surface area contributed by atoms with Crippen molar-refractivity contribution in [2.75, 3.05) is 5.32 Å². The molecule has 0 aliphatic rings. The lowest BCUT2D eigenvalue weighted by Crippen LogP contribution is -2.08. The first kappa shape index (κ1) is 10.2. The molecule has 0 unspecified atom stereocenters. The zero-order valence-corrected chi connectivity index (χ0v) is 7.75. The molecule has 0 saturated heterocycles. The standard InChI is InChI=1S/C10H11FN2O/c1-7(10(12)6-14)13-9-4-2-8(11)3-5-9/h2-6,13H,12H2,1H3/b10-7-. The maximum absolute atomic E-state index is 12.5. The third-order valence-electron chi connectivity index (χ3n) is 1.74. The van der Waals surface area contributed by atoms with Crippen LogP contribution in [0, 0.1) is 5.82 Å². The van der Waals surface area contributed by atoms with Gasteiger partial charge in [0, 0.05) is 11.4 Å². The minimum atomic E-state index is -0.305. The Morgan fingerprint density at radius 1 is 1.43 bits per heavy atom. The van der Waals surface area contributed by atoms with Gasteiger partial charge in [0.1, 0.15) is 5.82 Å². The summed E-state index contributed by atoms with van der Waals surface area (Å²) in [4.78, 5) is 10.3. The first-order chi connectivity index (χ1) is 6.63. The van der Waals surface area contributed by atoms with E-state index < -0.39 is 0 Å². The van der Waals surface area contributed by atoms with E-state index in [4.69, 9.17) is 5.73 Å². The molecule has 0 aliphatic carbocycles. The molecule has 0 spiro atoms. The van der Waals surface area contributed by atoms with Crippen molar-refractivity contribution in [1.82, 2.24) is 0 Å². The molecule has 0 aliphatic heterocycles. The largest absolute Gasteiger partial charge is 0.395 e. The quantitative estimate of drug-likeness (QED) is 0.568. The van der Waals surface area contributed by atoms with Crippen LogP contribution in [0.4, 0.5) is 10.1 Å². The number of nitrogens with one attached hydrogen (secondary N) is 1. The summed E-state index contributed by atoms with van der Waals surface area (Å²) < 4.78 is 12.5. The highest BCUT2D eigenvalue weighted by atomic mass is 19.1. The van der Waals surface area contributed by atoms with Gasteiger partial charge in [0.15, 0.2) is 6.29 Å². The number of carbonyl (C=O) groups is 1. The maximum atomic E-state index is 12.5. The van der Waals surface area contributed by atoms with E-state index >= 15 is 0 Å². The van der Waals surface area contributed by atoms with Gasteiger partial charge in [-0.2, -0.15) is 0 Å². The van der Waals surface area contributed by atoms with Gasteiger partial charge in [-0.15, -0.1) is 0 Å². The van der Waals surface area contributed by atoms with E-state index in [2.05, 4.69) is 5.32 Å². The number of benzene rings is 1. The summed E-state index contributed by atoms with van der Waals surface area (Å²) in [6.45, 7) is 1.67. The van der Waals surface area contributed by atoms with Crippen LogP contribution < -0.4 is 11.1 Å². The number of hydrogen-bond donors (Lipinski definition) is 2. The minimum Gasteiger partial charge on any atom is -0.395 e. The zero-order valence-electron chi connectivity index (χ0n) is 7.75. The molecule has 4 heteroatoms. The molecule has 3 nitrogen and oxygen atoms in total. The van der Waals surface area contributed by atoms with Crippen LogP contribution in [0.3, 0.4) is 0 Å². The molecule has 0 heterocycles. The summed E-state index contributed by atoms with van der Waals surface area (Å²) in [5.74, 6) is -0.305. The van der Waals surface area contributed by atoms with Crippen LogP contribution in [0.5, 0.6) is 0 Å². The fraction of sp³-hybridized carbons (Fsp3) is 0.100. The molecule has 1 aromatic carbocycles. The summed E-state index contributed by atoms with van der Waals surface area (Å²) in [7, 11) is 0. The van der Waals surface area contributed by atoms with Crippen LogP contribution in [-0.4, -0.2) is 6.29 Å². The van der Waals surface area contributed by atoms with Crippen LogP contribution in [0.1, 0.15) is 6.92 Å². The van der Waals surface area contributed by atoms with Crippen molar-refractivity contribution in [3.8, 4) is 0 Å². The van der Waals surface area contributed by atoms with Crippen molar-refractivity contribution < 1.29 is 9.18 Å². The zero-order chi connectivity index (χ0) is 10.6. The fourth-order valence-electron chi connectivity index (χ4n) is 0.910. The number of carbonyl (C=O) groups excluding carboxylic acids is 1. The Bertz CT molecular complexity index is 357. The number of halogens is 1. The smallest absolute Gasteiger partial charge is 0.167 e. The molecule has 74 valence electrons. The van der Waals surface area contributed by atoms with E-state index in [0.29, 0.717) is 17.7 Å². The van der Waals surface area contributed by atoms with Gasteiger partial charge < -0.3 is 11.1 Å². The summed E-state index contributed by atoms with van der Waals surface area (Å²) in [5.41, 5.74) is 6.74. The summed E-state index contributed by atoms with van der Waals surface area (Å²) in [6, 6.07) is 5.78. The van der Waals surface area contributed by atoms with Gasteiger partial charge in [-0.3, -0.25) is 4.79 Å². The van der Waals surface area contributed by atoms with Crippen molar-refractivity contribution in [2.24, 2.45) is 5.73 Å². The molecule has 0 aromatic heterocycles. The van der Waals surface area contributed by atoms with Crippen molar-refractivity contribution in [3.63, 3.8) is 0 Å². The van der Waals surface area contributed by atoms with Gasteiger partial charge in [0.2, 0.25) is 0 Å². The molecule has 1 rings (SSSR count). The van der Waals surface area contributed by atoms with E-state index in [1.165, 1.54) is 12.1 Å². The number of anilines is 1. The van der Waals surface area contributed by atoms with E-state index in [1.807, 2.05) is 0 Å². The Kier molecular flexibility index (Phi) is 3.23. The van der Waals surface area contributed by atoms with E-state index in [9.17, 15) is 9.18 Å². The maximum Gasteiger partial charge on any atom is 0.167 e. The van der Waals surface area contributed by atoms with Gasteiger partial charge in [0.25, 0.3) is 0 Å². The number of allylic oxidation sites excluding steroid dienone is 2. The molecule has 0 fully saturated rings.